The predicted molar refractivity (Wildman–Crippen MR) is 68.5 cm³/mol. The first kappa shape index (κ1) is 11.2. The number of benzene rings is 1. The lowest BCUT2D eigenvalue weighted by atomic mass is 10.1. The van der Waals surface area contributed by atoms with E-state index in [1.807, 2.05) is 24.3 Å². The van der Waals surface area contributed by atoms with Crippen molar-refractivity contribution in [2.75, 3.05) is 5.32 Å². The van der Waals surface area contributed by atoms with Gasteiger partial charge in [0.2, 0.25) is 0 Å². The Morgan fingerprint density at radius 1 is 1.32 bits per heavy atom. The number of hydrogen-bond acceptors (Lipinski definition) is 5. The molecule has 6 nitrogen and oxygen atoms in total. The van der Waals surface area contributed by atoms with Gasteiger partial charge in [-0.25, -0.2) is 4.79 Å². The van der Waals surface area contributed by atoms with Gasteiger partial charge in [0.05, 0.1) is 5.69 Å². The average Bonchev–Trinajstić information content (AvgIpc) is 2.88. The number of carboxylic acid groups (broad SMARTS) is 1. The molecule has 0 fully saturated rings. The lowest BCUT2D eigenvalue weighted by Crippen LogP contribution is -1.97. The van der Waals surface area contributed by atoms with E-state index in [-0.39, 0.29) is 11.7 Å². The zero-order valence-electron chi connectivity index (χ0n) is 9.70. The molecule has 0 unspecified atom stereocenters. The van der Waals surface area contributed by atoms with Crippen molar-refractivity contribution in [3.63, 3.8) is 0 Å². The molecule has 6 heteroatoms. The molecule has 0 amide bonds. The van der Waals surface area contributed by atoms with Gasteiger partial charge in [-0.3, -0.25) is 4.98 Å². The molecule has 2 N–H and O–H groups in total. The van der Waals surface area contributed by atoms with Gasteiger partial charge in [0, 0.05) is 23.2 Å². The zero-order valence-corrected chi connectivity index (χ0v) is 9.70. The van der Waals surface area contributed by atoms with E-state index in [1.165, 1.54) is 0 Å². The number of carbonyl (C=O) groups is 1. The number of hydrogen-bond donors (Lipinski definition) is 2. The van der Waals surface area contributed by atoms with Crippen molar-refractivity contribution in [3.8, 4) is 0 Å². The molecule has 0 bridgehead atoms. The van der Waals surface area contributed by atoms with Gasteiger partial charge in [-0.2, -0.15) is 4.98 Å². The summed E-state index contributed by atoms with van der Waals surface area (Å²) in [7, 11) is 0. The van der Waals surface area contributed by atoms with Crippen LogP contribution in [0.1, 0.15) is 10.5 Å². The molecule has 2 aromatic heterocycles. The summed E-state index contributed by atoms with van der Waals surface area (Å²) in [6, 6.07) is 7.66. The number of fused-ring (bicyclic) bond motifs is 1. The monoisotopic (exact) mass is 255 g/mol. The lowest BCUT2D eigenvalue weighted by Gasteiger charge is -2.05. The lowest BCUT2D eigenvalue weighted by molar-refractivity contribution is 0.0690. The van der Waals surface area contributed by atoms with Crippen LogP contribution < -0.4 is 5.32 Å². The zero-order chi connectivity index (χ0) is 13.2. The van der Waals surface area contributed by atoms with Crippen molar-refractivity contribution < 1.29 is 14.3 Å². The summed E-state index contributed by atoms with van der Waals surface area (Å²) in [5, 5.41) is 13.7. The number of carboxylic acids is 1. The topological polar surface area (TPSA) is 88.2 Å². The van der Waals surface area contributed by atoms with Crippen molar-refractivity contribution in [2.24, 2.45) is 0 Å². The minimum Gasteiger partial charge on any atom is -0.476 e. The number of aromatic carboxylic acids is 1. The summed E-state index contributed by atoms with van der Waals surface area (Å²) in [4.78, 5) is 18.6. The van der Waals surface area contributed by atoms with Gasteiger partial charge in [-0.05, 0) is 12.1 Å². The van der Waals surface area contributed by atoms with Crippen LogP contribution in [-0.4, -0.2) is 21.0 Å². The molecule has 0 saturated carbocycles. The van der Waals surface area contributed by atoms with Crippen molar-refractivity contribution in [1.82, 2.24) is 9.97 Å². The number of aromatic nitrogens is 2. The Morgan fingerprint density at radius 3 is 3.00 bits per heavy atom. The Morgan fingerprint density at radius 2 is 2.21 bits per heavy atom. The van der Waals surface area contributed by atoms with Crippen LogP contribution in [0.15, 0.2) is 47.3 Å². The van der Waals surface area contributed by atoms with Gasteiger partial charge in [0.15, 0.2) is 5.69 Å². The van der Waals surface area contributed by atoms with Gasteiger partial charge in [-0.15, -0.1) is 0 Å². The minimum atomic E-state index is -1.13. The highest BCUT2D eigenvalue weighted by atomic mass is 16.4. The number of oxazole rings is 1. The Balaban J connectivity index is 1.98. The van der Waals surface area contributed by atoms with E-state index in [4.69, 9.17) is 9.52 Å². The Kier molecular flexibility index (Phi) is 2.60. The summed E-state index contributed by atoms with van der Waals surface area (Å²) in [5.74, 6) is -1.13. The fourth-order valence-corrected chi connectivity index (χ4v) is 1.78. The normalized spacial score (nSPS) is 10.5. The highest BCUT2D eigenvalue weighted by Crippen LogP contribution is 2.25. The van der Waals surface area contributed by atoms with E-state index in [1.54, 1.807) is 12.4 Å². The summed E-state index contributed by atoms with van der Waals surface area (Å²) >= 11 is 0. The second-order valence-electron chi connectivity index (χ2n) is 3.87. The van der Waals surface area contributed by atoms with E-state index in [0.29, 0.717) is 0 Å². The molecule has 94 valence electrons. The van der Waals surface area contributed by atoms with E-state index >= 15 is 0 Å². The van der Waals surface area contributed by atoms with Crippen LogP contribution in [-0.2, 0) is 0 Å². The maximum absolute atomic E-state index is 10.7. The summed E-state index contributed by atoms with van der Waals surface area (Å²) in [6.45, 7) is 0. The highest BCUT2D eigenvalue weighted by Gasteiger charge is 2.11. The Bertz CT molecular complexity index is 746. The van der Waals surface area contributed by atoms with Crippen molar-refractivity contribution in [2.45, 2.75) is 0 Å². The third-order valence-electron chi connectivity index (χ3n) is 2.65. The largest absolute Gasteiger partial charge is 0.476 e. The molecule has 0 radical (unpaired) electrons. The van der Waals surface area contributed by atoms with Crippen LogP contribution in [0.25, 0.3) is 10.8 Å². The number of anilines is 2. The molecule has 0 atom stereocenters. The molecule has 3 aromatic rings. The van der Waals surface area contributed by atoms with E-state index in [2.05, 4.69) is 15.3 Å². The minimum absolute atomic E-state index is 0.135. The third kappa shape index (κ3) is 2.11. The first-order chi connectivity index (χ1) is 9.24. The van der Waals surface area contributed by atoms with E-state index < -0.39 is 5.97 Å². The van der Waals surface area contributed by atoms with E-state index in [0.717, 1.165) is 22.7 Å². The molecule has 0 aliphatic heterocycles. The molecule has 0 saturated heterocycles. The molecule has 3 rings (SSSR count). The predicted octanol–water partition coefficient (Wildman–Crippen LogP) is 2.66. The number of pyridine rings is 1. The van der Waals surface area contributed by atoms with Crippen LogP contribution in [0, 0.1) is 0 Å². The number of nitrogens with zero attached hydrogens (tertiary/aromatic N) is 2. The van der Waals surface area contributed by atoms with Crippen LogP contribution in [0.5, 0.6) is 0 Å². The maximum Gasteiger partial charge on any atom is 0.357 e. The fraction of sp³-hybridized carbons (Fsp3) is 0. The fourth-order valence-electron chi connectivity index (χ4n) is 1.78. The number of nitrogens with one attached hydrogen (secondary N) is 1. The van der Waals surface area contributed by atoms with Gasteiger partial charge in [0.25, 0.3) is 6.01 Å². The maximum atomic E-state index is 10.7. The Hall–Kier alpha value is -2.89. The first-order valence-corrected chi connectivity index (χ1v) is 5.52. The number of rotatable bonds is 3. The molecule has 0 aliphatic rings. The van der Waals surface area contributed by atoms with Crippen molar-refractivity contribution in [1.29, 1.82) is 0 Å². The summed E-state index contributed by atoms with van der Waals surface area (Å²) in [6.07, 6.45) is 4.53. The van der Waals surface area contributed by atoms with Gasteiger partial charge in [-0.1, -0.05) is 12.1 Å². The standard InChI is InChI=1S/C13H9N3O3/c17-12(18)11-7-19-13(16-11)15-10-3-1-2-8-6-14-5-4-9(8)10/h1-7H,(H,15,16)(H,17,18). The second-order valence-corrected chi connectivity index (χ2v) is 3.87. The SMILES string of the molecule is O=C(O)c1coc(Nc2cccc3cnccc23)n1. The molecule has 1 aromatic carbocycles. The highest BCUT2D eigenvalue weighted by molar-refractivity contribution is 5.94. The molecule has 0 aliphatic carbocycles. The summed E-state index contributed by atoms with van der Waals surface area (Å²) < 4.78 is 5.06. The molecule has 0 spiro atoms. The third-order valence-corrected chi connectivity index (χ3v) is 2.65. The van der Waals surface area contributed by atoms with Gasteiger partial charge >= 0.3 is 5.97 Å². The molecular weight excluding hydrogens is 246 g/mol. The van der Waals surface area contributed by atoms with Crippen LogP contribution in [0.3, 0.4) is 0 Å². The van der Waals surface area contributed by atoms with E-state index in [9.17, 15) is 4.79 Å². The summed E-state index contributed by atoms with van der Waals surface area (Å²) in [5.41, 5.74) is 0.642. The smallest absolute Gasteiger partial charge is 0.357 e. The molecular formula is C13H9N3O3. The van der Waals surface area contributed by atoms with Crippen molar-refractivity contribution in [3.05, 3.63) is 48.6 Å². The Labute approximate surface area is 107 Å². The van der Waals surface area contributed by atoms with Gasteiger partial charge < -0.3 is 14.8 Å². The van der Waals surface area contributed by atoms with Gasteiger partial charge in [0.1, 0.15) is 6.26 Å². The van der Waals surface area contributed by atoms with Crippen LogP contribution in [0.4, 0.5) is 11.7 Å². The quantitative estimate of drug-likeness (QED) is 0.748. The molecule has 2 heterocycles. The molecule has 19 heavy (non-hydrogen) atoms. The first-order valence-electron chi connectivity index (χ1n) is 5.52. The second kappa shape index (κ2) is 4.41. The van der Waals surface area contributed by atoms with Crippen LogP contribution >= 0.6 is 0 Å². The van der Waals surface area contributed by atoms with Crippen molar-refractivity contribution >= 4 is 28.4 Å². The average molecular weight is 255 g/mol. The van der Waals surface area contributed by atoms with Crippen LogP contribution in [0.2, 0.25) is 0 Å².